The van der Waals surface area contributed by atoms with Gasteiger partial charge in [-0.25, -0.2) is 4.79 Å². The Bertz CT molecular complexity index is 126. The van der Waals surface area contributed by atoms with Gasteiger partial charge in [0.2, 0.25) is 6.29 Å². The third kappa shape index (κ3) is 2.48. The number of carbonyl (C=O) groups excluding carboxylic acids is 1. The minimum Gasteiger partial charge on any atom is -0.427 e. The standard InChI is InChI=1S/C7H11O4/c1-9-6-2-3-10-7(4-6)11-5-8/h6-7H,2-4H2,1H3. The van der Waals surface area contributed by atoms with Crippen molar-refractivity contribution in [3.8, 4) is 0 Å². The van der Waals surface area contributed by atoms with Crippen LogP contribution < -0.4 is 0 Å². The second-order valence-electron chi connectivity index (χ2n) is 2.38. The molecule has 1 rings (SSSR count). The minimum absolute atomic E-state index is 0.141. The van der Waals surface area contributed by atoms with Gasteiger partial charge in [0.1, 0.15) is 0 Å². The zero-order valence-electron chi connectivity index (χ0n) is 6.41. The normalized spacial score (nSPS) is 31.4. The van der Waals surface area contributed by atoms with Crippen LogP contribution in [-0.4, -0.2) is 32.6 Å². The average Bonchev–Trinajstić information content (AvgIpc) is 2.06. The molecule has 0 N–H and O–H groups in total. The quantitative estimate of drug-likeness (QED) is 0.591. The van der Waals surface area contributed by atoms with Crippen molar-refractivity contribution in [3.05, 3.63) is 0 Å². The largest absolute Gasteiger partial charge is 0.427 e. The number of ether oxygens (including phenoxy) is 3. The first-order valence-corrected chi connectivity index (χ1v) is 3.54. The molecule has 0 amide bonds. The molecule has 1 fully saturated rings. The molecule has 0 bridgehead atoms. The molecule has 2 unspecified atom stereocenters. The van der Waals surface area contributed by atoms with Crippen LogP contribution in [-0.2, 0) is 19.0 Å². The molecule has 1 radical (unpaired) electrons. The second-order valence-corrected chi connectivity index (χ2v) is 2.38. The van der Waals surface area contributed by atoms with Crippen molar-refractivity contribution >= 4 is 6.47 Å². The molecule has 0 aromatic carbocycles. The Hall–Kier alpha value is -0.610. The van der Waals surface area contributed by atoms with Gasteiger partial charge in [0, 0.05) is 13.5 Å². The Kier molecular flexibility index (Phi) is 3.32. The maximum Gasteiger partial charge on any atom is 0.419 e. The van der Waals surface area contributed by atoms with Gasteiger partial charge in [-0.15, -0.1) is 0 Å². The summed E-state index contributed by atoms with van der Waals surface area (Å²) < 4.78 is 14.7. The van der Waals surface area contributed by atoms with Crippen LogP contribution in [0.15, 0.2) is 0 Å². The maximum absolute atomic E-state index is 9.80. The Morgan fingerprint density at radius 3 is 3.09 bits per heavy atom. The fourth-order valence-electron chi connectivity index (χ4n) is 1.08. The summed E-state index contributed by atoms with van der Waals surface area (Å²) in [5.74, 6) is 0. The van der Waals surface area contributed by atoms with Gasteiger partial charge in [-0.1, -0.05) is 0 Å². The van der Waals surface area contributed by atoms with E-state index in [0.717, 1.165) is 6.42 Å². The Labute approximate surface area is 65.4 Å². The first-order valence-electron chi connectivity index (χ1n) is 3.54. The van der Waals surface area contributed by atoms with Crippen LogP contribution >= 0.6 is 0 Å². The van der Waals surface area contributed by atoms with Crippen LogP contribution in [0.5, 0.6) is 0 Å². The van der Waals surface area contributed by atoms with Gasteiger partial charge in [-0.2, -0.15) is 0 Å². The molecular formula is C7H11O4. The molecule has 63 valence electrons. The molecule has 0 aliphatic carbocycles. The molecule has 2 atom stereocenters. The van der Waals surface area contributed by atoms with Gasteiger partial charge in [-0.05, 0) is 6.42 Å². The molecule has 1 aliphatic heterocycles. The molecule has 1 heterocycles. The topological polar surface area (TPSA) is 44.8 Å². The number of hydrogen-bond donors (Lipinski definition) is 0. The van der Waals surface area contributed by atoms with Gasteiger partial charge in [0.15, 0.2) is 0 Å². The van der Waals surface area contributed by atoms with Gasteiger partial charge in [-0.3, -0.25) is 0 Å². The predicted molar refractivity (Wildman–Crippen MR) is 36.5 cm³/mol. The van der Waals surface area contributed by atoms with Crippen molar-refractivity contribution in [2.24, 2.45) is 0 Å². The summed E-state index contributed by atoms with van der Waals surface area (Å²) in [5, 5.41) is 0. The summed E-state index contributed by atoms with van der Waals surface area (Å²) in [7, 11) is 1.64. The monoisotopic (exact) mass is 159 g/mol. The van der Waals surface area contributed by atoms with E-state index in [4.69, 9.17) is 9.47 Å². The maximum atomic E-state index is 9.80. The van der Waals surface area contributed by atoms with Gasteiger partial charge < -0.3 is 14.2 Å². The molecule has 11 heavy (non-hydrogen) atoms. The third-order valence-corrected chi connectivity index (χ3v) is 1.71. The van der Waals surface area contributed by atoms with E-state index in [1.807, 2.05) is 0 Å². The number of hydrogen-bond acceptors (Lipinski definition) is 4. The lowest BCUT2D eigenvalue weighted by molar-refractivity contribution is -0.150. The van der Waals surface area contributed by atoms with E-state index in [9.17, 15) is 4.79 Å². The van der Waals surface area contributed by atoms with Gasteiger partial charge in [0.05, 0.1) is 12.7 Å². The number of methoxy groups -OCH3 is 1. The lowest BCUT2D eigenvalue weighted by Gasteiger charge is -2.26. The smallest absolute Gasteiger partial charge is 0.419 e. The first kappa shape index (κ1) is 8.49. The van der Waals surface area contributed by atoms with E-state index in [2.05, 4.69) is 4.74 Å². The zero-order valence-corrected chi connectivity index (χ0v) is 6.41. The molecule has 4 heteroatoms. The highest BCUT2D eigenvalue weighted by molar-refractivity contribution is 5.38. The van der Waals surface area contributed by atoms with E-state index in [0.29, 0.717) is 13.0 Å². The minimum atomic E-state index is -0.466. The van der Waals surface area contributed by atoms with Crippen molar-refractivity contribution in [2.45, 2.75) is 25.2 Å². The molecule has 1 aliphatic rings. The number of rotatable bonds is 3. The molecule has 0 aromatic heterocycles. The van der Waals surface area contributed by atoms with Crippen molar-refractivity contribution < 1.29 is 19.0 Å². The molecule has 0 aromatic rings. The van der Waals surface area contributed by atoms with E-state index in [-0.39, 0.29) is 6.10 Å². The highest BCUT2D eigenvalue weighted by Gasteiger charge is 2.23. The van der Waals surface area contributed by atoms with E-state index in [1.54, 1.807) is 7.11 Å². The Balaban J connectivity index is 2.27. The van der Waals surface area contributed by atoms with E-state index in [1.165, 1.54) is 6.47 Å². The van der Waals surface area contributed by atoms with Crippen LogP contribution in [0.25, 0.3) is 0 Å². The van der Waals surface area contributed by atoms with Crippen molar-refractivity contribution in [3.63, 3.8) is 0 Å². The average molecular weight is 159 g/mol. The summed E-state index contributed by atoms with van der Waals surface area (Å²) in [6.07, 6.45) is 1.13. The van der Waals surface area contributed by atoms with Crippen molar-refractivity contribution in [2.75, 3.05) is 13.7 Å². The summed E-state index contributed by atoms with van der Waals surface area (Å²) in [6, 6.07) is 0. The lowest BCUT2D eigenvalue weighted by atomic mass is 10.1. The predicted octanol–water partition coefficient (Wildman–Crippen LogP) is 0.222. The molecule has 1 saturated heterocycles. The Morgan fingerprint density at radius 1 is 1.64 bits per heavy atom. The summed E-state index contributed by atoms with van der Waals surface area (Å²) in [6.45, 7) is 1.93. The summed E-state index contributed by atoms with van der Waals surface area (Å²) in [5.41, 5.74) is 0. The summed E-state index contributed by atoms with van der Waals surface area (Å²) in [4.78, 5) is 9.80. The Morgan fingerprint density at radius 2 is 2.45 bits per heavy atom. The van der Waals surface area contributed by atoms with E-state index < -0.39 is 6.29 Å². The highest BCUT2D eigenvalue weighted by Crippen LogP contribution is 2.16. The second kappa shape index (κ2) is 4.31. The fourth-order valence-corrected chi connectivity index (χ4v) is 1.08. The zero-order chi connectivity index (χ0) is 8.10. The van der Waals surface area contributed by atoms with Crippen LogP contribution in [0.4, 0.5) is 0 Å². The van der Waals surface area contributed by atoms with Crippen molar-refractivity contribution in [1.82, 2.24) is 0 Å². The van der Waals surface area contributed by atoms with Gasteiger partial charge >= 0.3 is 6.47 Å². The van der Waals surface area contributed by atoms with Gasteiger partial charge in [0.25, 0.3) is 0 Å². The van der Waals surface area contributed by atoms with Crippen molar-refractivity contribution in [1.29, 1.82) is 0 Å². The lowest BCUT2D eigenvalue weighted by Crippen LogP contribution is -2.31. The fraction of sp³-hybridized carbons (Fsp3) is 0.857. The SMILES string of the molecule is COC1CCOC(O[C]=O)C1. The van der Waals surface area contributed by atoms with Crippen LogP contribution in [0, 0.1) is 0 Å². The molecular weight excluding hydrogens is 148 g/mol. The van der Waals surface area contributed by atoms with E-state index >= 15 is 0 Å². The molecule has 0 saturated carbocycles. The molecule has 4 nitrogen and oxygen atoms in total. The molecule has 0 spiro atoms. The third-order valence-electron chi connectivity index (χ3n) is 1.71. The van der Waals surface area contributed by atoms with Crippen LogP contribution in [0.1, 0.15) is 12.8 Å². The van der Waals surface area contributed by atoms with Crippen LogP contribution in [0.3, 0.4) is 0 Å². The summed E-state index contributed by atoms with van der Waals surface area (Å²) >= 11 is 0. The van der Waals surface area contributed by atoms with Crippen LogP contribution in [0.2, 0.25) is 0 Å². The first-order chi connectivity index (χ1) is 5.36. The highest BCUT2D eigenvalue weighted by atomic mass is 16.7.